The topological polar surface area (TPSA) is 26.3 Å². The van der Waals surface area contributed by atoms with E-state index < -0.39 is 11.6 Å². The lowest BCUT2D eigenvalue weighted by Crippen LogP contribution is -2.05. The first-order valence-electron chi connectivity index (χ1n) is 6.16. The summed E-state index contributed by atoms with van der Waals surface area (Å²) in [5.74, 6) is -1.15. The summed E-state index contributed by atoms with van der Waals surface area (Å²) in [5, 5.41) is 0. The van der Waals surface area contributed by atoms with E-state index in [4.69, 9.17) is 4.74 Å². The average molecular weight is 276 g/mol. The lowest BCUT2D eigenvalue weighted by Gasteiger charge is -2.11. The minimum Gasteiger partial charge on any atom is -0.488 e. The van der Waals surface area contributed by atoms with Gasteiger partial charge in [-0.15, -0.1) is 0 Å². The van der Waals surface area contributed by atoms with Gasteiger partial charge in [-0.05, 0) is 43.7 Å². The van der Waals surface area contributed by atoms with Gasteiger partial charge in [0, 0.05) is 0 Å². The molecule has 0 saturated carbocycles. The molecule has 0 radical (unpaired) electrons. The number of carbonyl (C=O) groups excluding carboxylic acids is 1. The maximum atomic E-state index is 13.5. The highest BCUT2D eigenvalue weighted by molar-refractivity contribution is 5.96. The molecule has 104 valence electrons. The van der Waals surface area contributed by atoms with E-state index in [9.17, 15) is 13.6 Å². The number of aryl methyl sites for hydroxylation is 1. The van der Waals surface area contributed by atoms with Gasteiger partial charge in [-0.1, -0.05) is 12.1 Å². The number of hydrogen-bond donors (Lipinski definition) is 0. The zero-order chi connectivity index (χ0) is 14.7. The van der Waals surface area contributed by atoms with Gasteiger partial charge in [-0.25, -0.2) is 8.78 Å². The monoisotopic (exact) mass is 276 g/mol. The van der Waals surface area contributed by atoms with Crippen LogP contribution in [0.5, 0.6) is 5.75 Å². The van der Waals surface area contributed by atoms with E-state index in [0.717, 1.165) is 5.56 Å². The van der Waals surface area contributed by atoms with Gasteiger partial charge in [0.1, 0.15) is 24.0 Å². The van der Waals surface area contributed by atoms with Gasteiger partial charge in [0.15, 0.2) is 5.78 Å². The maximum Gasteiger partial charge on any atom is 0.163 e. The molecule has 4 heteroatoms. The van der Waals surface area contributed by atoms with Crippen LogP contribution in [0.4, 0.5) is 8.78 Å². The number of carbonyl (C=O) groups is 1. The Kier molecular flexibility index (Phi) is 4.13. The molecule has 0 aromatic heterocycles. The Labute approximate surface area is 116 Å². The Morgan fingerprint density at radius 2 is 1.80 bits per heavy atom. The highest BCUT2D eigenvalue weighted by atomic mass is 19.1. The van der Waals surface area contributed by atoms with E-state index in [-0.39, 0.29) is 18.0 Å². The van der Waals surface area contributed by atoms with Crippen molar-refractivity contribution in [3.63, 3.8) is 0 Å². The number of rotatable bonds is 4. The second-order valence-corrected chi connectivity index (χ2v) is 4.54. The third kappa shape index (κ3) is 3.02. The summed E-state index contributed by atoms with van der Waals surface area (Å²) in [6.45, 7) is 3.00. The molecule has 0 aliphatic rings. The fraction of sp³-hybridized carbons (Fsp3) is 0.188. The van der Waals surface area contributed by atoms with E-state index in [0.29, 0.717) is 11.3 Å². The highest BCUT2D eigenvalue weighted by Gasteiger charge is 2.12. The van der Waals surface area contributed by atoms with Crippen LogP contribution in [-0.2, 0) is 6.61 Å². The van der Waals surface area contributed by atoms with Gasteiger partial charge in [0.25, 0.3) is 0 Å². The van der Waals surface area contributed by atoms with E-state index >= 15 is 0 Å². The van der Waals surface area contributed by atoms with E-state index in [1.165, 1.54) is 25.1 Å². The lowest BCUT2D eigenvalue weighted by atomic mass is 10.1. The molecule has 0 aliphatic carbocycles. The third-order valence-corrected chi connectivity index (χ3v) is 2.95. The minimum absolute atomic E-state index is 0.150. The summed E-state index contributed by atoms with van der Waals surface area (Å²) >= 11 is 0. The fourth-order valence-corrected chi connectivity index (χ4v) is 1.86. The van der Waals surface area contributed by atoms with Gasteiger partial charge in [0.2, 0.25) is 0 Å². The second-order valence-electron chi connectivity index (χ2n) is 4.54. The van der Waals surface area contributed by atoms with Crippen molar-refractivity contribution in [1.29, 1.82) is 0 Å². The standard InChI is InChI=1S/C16H14F2O2/c1-10-6-7-12(11(2)19)16(8-10)20-9-13-14(17)4-3-5-15(13)18/h3-8H,9H2,1-2H3. The van der Waals surface area contributed by atoms with Crippen LogP contribution in [0.15, 0.2) is 36.4 Å². The van der Waals surface area contributed by atoms with Crippen molar-refractivity contribution in [2.24, 2.45) is 0 Å². The predicted molar refractivity (Wildman–Crippen MR) is 71.9 cm³/mol. The number of Topliss-reactive ketones (excluding diaryl/α,β-unsaturated/α-hetero) is 1. The summed E-state index contributed by atoms with van der Waals surface area (Å²) in [4.78, 5) is 11.5. The molecule has 2 rings (SSSR count). The molecule has 0 heterocycles. The van der Waals surface area contributed by atoms with Crippen LogP contribution < -0.4 is 4.74 Å². The Bertz CT molecular complexity index is 631. The molecule has 0 fully saturated rings. The first-order chi connectivity index (χ1) is 9.49. The predicted octanol–water partition coefficient (Wildman–Crippen LogP) is 4.05. The molecule has 0 N–H and O–H groups in total. The Morgan fingerprint density at radius 1 is 1.15 bits per heavy atom. The average Bonchev–Trinajstić information content (AvgIpc) is 2.37. The van der Waals surface area contributed by atoms with Gasteiger partial charge < -0.3 is 4.74 Å². The molecule has 0 saturated heterocycles. The summed E-state index contributed by atoms with van der Waals surface area (Å²) < 4.78 is 32.4. The lowest BCUT2D eigenvalue weighted by molar-refractivity contribution is 0.101. The van der Waals surface area contributed by atoms with Crippen LogP contribution in [-0.4, -0.2) is 5.78 Å². The van der Waals surface area contributed by atoms with E-state index in [1.807, 2.05) is 6.92 Å². The first-order valence-corrected chi connectivity index (χ1v) is 6.16. The fourth-order valence-electron chi connectivity index (χ4n) is 1.86. The van der Waals surface area contributed by atoms with Crippen molar-refractivity contribution in [3.05, 3.63) is 64.7 Å². The Morgan fingerprint density at radius 3 is 2.40 bits per heavy atom. The van der Waals surface area contributed by atoms with Crippen molar-refractivity contribution >= 4 is 5.78 Å². The van der Waals surface area contributed by atoms with Gasteiger partial charge in [0.05, 0.1) is 11.1 Å². The summed E-state index contributed by atoms with van der Waals surface area (Å²) in [6, 6.07) is 8.74. The maximum absolute atomic E-state index is 13.5. The molecule has 2 aromatic carbocycles. The number of ether oxygens (including phenoxy) is 1. The number of benzene rings is 2. The molecule has 0 bridgehead atoms. The highest BCUT2D eigenvalue weighted by Crippen LogP contribution is 2.23. The molecular formula is C16H14F2O2. The van der Waals surface area contributed by atoms with E-state index in [2.05, 4.69) is 0 Å². The third-order valence-electron chi connectivity index (χ3n) is 2.95. The molecule has 2 nitrogen and oxygen atoms in total. The summed E-state index contributed by atoms with van der Waals surface area (Å²) in [7, 11) is 0. The number of halogens is 2. The summed E-state index contributed by atoms with van der Waals surface area (Å²) in [6.07, 6.45) is 0. The summed E-state index contributed by atoms with van der Waals surface area (Å²) in [5.41, 5.74) is 1.15. The minimum atomic E-state index is -0.665. The van der Waals surface area contributed by atoms with Crippen molar-refractivity contribution < 1.29 is 18.3 Å². The molecule has 0 aliphatic heterocycles. The molecular weight excluding hydrogens is 262 g/mol. The molecule has 0 atom stereocenters. The van der Waals surface area contributed by atoms with Gasteiger partial charge >= 0.3 is 0 Å². The van der Waals surface area contributed by atoms with Crippen LogP contribution in [0.3, 0.4) is 0 Å². The molecule has 2 aromatic rings. The van der Waals surface area contributed by atoms with Crippen molar-refractivity contribution in [2.45, 2.75) is 20.5 Å². The van der Waals surface area contributed by atoms with Gasteiger partial charge in [-0.3, -0.25) is 4.79 Å². The molecule has 20 heavy (non-hydrogen) atoms. The zero-order valence-electron chi connectivity index (χ0n) is 11.2. The SMILES string of the molecule is CC(=O)c1ccc(C)cc1OCc1c(F)cccc1F. The zero-order valence-corrected chi connectivity index (χ0v) is 11.2. The first kappa shape index (κ1) is 14.2. The number of ketones is 1. The molecule has 0 amide bonds. The largest absolute Gasteiger partial charge is 0.488 e. The normalized spacial score (nSPS) is 10.4. The van der Waals surface area contributed by atoms with Crippen LogP contribution in [0.25, 0.3) is 0 Å². The van der Waals surface area contributed by atoms with Gasteiger partial charge in [-0.2, -0.15) is 0 Å². The van der Waals surface area contributed by atoms with Crippen molar-refractivity contribution in [1.82, 2.24) is 0 Å². The Balaban J connectivity index is 2.27. The van der Waals surface area contributed by atoms with Crippen molar-refractivity contribution in [3.8, 4) is 5.75 Å². The molecule has 0 unspecified atom stereocenters. The quantitative estimate of drug-likeness (QED) is 0.787. The van der Waals surface area contributed by atoms with Crippen LogP contribution >= 0.6 is 0 Å². The van der Waals surface area contributed by atoms with Crippen LogP contribution in [0.2, 0.25) is 0 Å². The van der Waals surface area contributed by atoms with E-state index in [1.54, 1.807) is 18.2 Å². The second kappa shape index (κ2) is 5.82. The smallest absolute Gasteiger partial charge is 0.163 e. The van der Waals surface area contributed by atoms with Crippen LogP contribution in [0.1, 0.15) is 28.4 Å². The van der Waals surface area contributed by atoms with Crippen LogP contribution in [0, 0.1) is 18.6 Å². The van der Waals surface area contributed by atoms with Crippen molar-refractivity contribution in [2.75, 3.05) is 0 Å². The Hall–Kier alpha value is -2.23. The molecule has 0 spiro atoms. The number of hydrogen-bond acceptors (Lipinski definition) is 2.